The summed E-state index contributed by atoms with van der Waals surface area (Å²) < 4.78 is 5.92. The van der Waals surface area contributed by atoms with Crippen LogP contribution in [0.3, 0.4) is 0 Å². The van der Waals surface area contributed by atoms with Crippen molar-refractivity contribution in [2.75, 3.05) is 18.1 Å². The highest BCUT2D eigenvalue weighted by molar-refractivity contribution is 6.32. The Kier molecular flexibility index (Phi) is 6.78. The Morgan fingerprint density at radius 3 is 2.54 bits per heavy atom. The zero-order valence-electron chi connectivity index (χ0n) is 23.2. The van der Waals surface area contributed by atoms with Crippen molar-refractivity contribution in [2.24, 2.45) is 29.1 Å². The number of carbonyl (C=O) groups excluding carboxylic acids is 4. The molecule has 7 nitrogen and oxygen atoms in total. The molecule has 2 aromatic rings. The lowest BCUT2D eigenvalue weighted by molar-refractivity contribution is -0.141. The van der Waals surface area contributed by atoms with Crippen LogP contribution in [0.4, 0.5) is 5.69 Å². The second-order valence-corrected chi connectivity index (χ2v) is 12.2. The molecule has 2 aromatic carbocycles. The fourth-order valence-corrected chi connectivity index (χ4v) is 7.90. The van der Waals surface area contributed by atoms with E-state index < -0.39 is 35.0 Å². The van der Waals surface area contributed by atoms with E-state index in [4.69, 9.17) is 16.3 Å². The highest BCUT2D eigenvalue weighted by Crippen LogP contribution is 2.63. The Morgan fingerprint density at radius 2 is 1.80 bits per heavy atom. The minimum atomic E-state index is -1.10. The number of rotatable bonds is 5. The van der Waals surface area contributed by atoms with Gasteiger partial charge in [0.1, 0.15) is 12.4 Å². The zero-order valence-corrected chi connectivity index (χ0v) is 24.0. The van der Waals surface area contributed by atoms with Crippen LogP contribution in [0.5, 0.6) is 5.75 Å². The third-order valence-electron chi connectivity index (χ3n) is 9.63. The highest BCUT2D eigenvalue weighted by Gasteiger charge is 2.63. The first-order valence-corrected chi connectivity index (χ1v) is 14.4. The van der Waals surface area contributed by atoms with E-state index in [0.29, 0.717) is 34.9 Å². The van der Waals surface area contributed by atoms with Gasteiger partial charge in [0.05, 0.1) is 29.5 Å². The number of imide groups is 1. The fraction of sp³-hybridized carbons (Fsp3) is 0.394. The number of anilines is 1. The number of aliphatic hydroxyl groups excluding tert-OH is 1. The number of hydrogen-bond donors (Lipinski definition) is 1. The van der Waals surface area contributed by atoms with Gasteiger partial charge in [-0.3, -0.25) is 19.2 Å². The number of aryl methyl sites for hydroxylation is 1. The summed E-state index contributed by atoms with van der Waals surface area (Å²) in [6.45, 7) is 5.28. The van der Waals surface area contributed by atoms with E-state index in [1.165, 1.54) is 11.0 Å². The van der Waals surface area contributed by atoms with Crippen molar-refractivity contribution in [1.82, 2.24) is 0 Å². The molecule has 3 aliphatic carbocycles. The summed E-state index contributed by atoms with van der Waals surface area (Å²) in [7, 11) is 0. The topological polar surface area (TPSA) is 101 Å². The molecule has 212 valence electrons. The lowest BCUT2D eigenvalue weighted by atomic mass is 9.47. The lowest BCUT2D eigenvalue weighted by Crippen LogP contribution is -2.54. The van der Waals surface area contributed by atoms with E-state index in [9.17, 15) is 24.3 Å². The SMILES string of the molecule is CC1=CC(=O)[C@@H]2C[C@@H]3C(=CC[C@@H]4C(=O)N(c5ccc(C)c(Cl)c5)C(=O)[C@@H]43)[C@H](c3ccccc3OCCO)[C@]2(C)C1=O. The van der Waals surface area contributed by atoms with Gasteiger partial charge in [-0.2, -0.15) is 0 Å². The highest BCUT2D eigenvalue weighted by atomic mass is 35.5. The van der Waals surface area contributed by atoms with Gasteiger partial charge >= 0.3 is 0 Å². The van der Waals surface area contributed by atoms with Crippen LogP contribution in [0.1, 0.15) is 43.7 Å². The van der Waals surface area contributed by atoms with E-state index >= 15 is 0 Å². The van der Waals surface area contributed by atoms with Crippen molar-refractivity contribution >= 4 is 40.7 Å². The van der Waals surface area contributed by atoms with Crippen molar-refractivity contribution in [3.63, 3.8) is 0 Å². The number of aliphatic hydroxyl groups is 1. The molecule has 1 saturated heterocycles. The maximum Gasteiger partial charge on any atom is 0.238 e. The van der Waals surface area contributed by atoms with Crippen LogP contribution in [-0.4, -0.2) is 41.7 Å². The summed E-state index contributed by atoms with van der Waals surface area (Å²) in [5, 5.41) is 9.92. The number of carbonyl (C=O) groups is 4. The predicted octanol–water partition coefficient (Wildman–Crippen LogP) is 4.98. The van der Waals surface area contributed by atoms with Crippen LogP contribution in [0.15, 0.2) is 65.8 Å². The number of fused-ring (bicyclic) bond motifs is 4. The molecule has 6 rings (SSSR count). The smallest absolute Gasteiger partial charge is 0.238 e. The number of halogens is 1. The second kappa shape index (κ2) is 10.1. The lowest BCUT2D eigenvalue weighted by Gasteiger charge is -2.53. The number of ketones is 2. The third kappa shape index (κ3) is 4.04. The van der Waals surface area contributed by atoms with Crippen molar-refractivity contribution in [2.45, 2.75) is 39.5 Å². The van der Waals surface area contributed by atoms with Gasteiger partial charge in [-0.15, -0.1) is 0 Å². The number of allylic oxidation sites excluding steroid dienone is 4. The average molecular weight is 574 g/mol. The molecule has 1 saturated carbocycles. The molecule has 0 spiro atoms. The largest absolute Gasteiger partial charge is 0.491 e. The van der Waals surface area contributed by atoms with Gasteiger partial charge in [0, 0.05) is 22.4 Å². The van der Waals surface area contributed by atoms with Crippen LogP contribution in [0.2, 0.25) is 5.02 Å². The molecule has 41 heavy (non-hydrogen) atoms. The van der Waals surface area contributed by atoms with Gasteiger partial charge in [0.2, 0.25) is 11.8 Å². The second-order valence-electron chi connectivity index (χ2n) is 11.8. The Morgan fingerprint density at radius 1 is 1.05 bits per heavy atom. The molecule has 2 fully saturated rings. The van der Waals surface area contributed by atoms with Crippen LogP contribution in [0.25, 0.3) is 0 Å². The van der Waals surface area contributed by atoms with Gasteiger partial charge in [-0.1, -0.05) is 54.4 Å². The number of ether oxygens (including phenoxy) is 1. The van der Waals surface area contributed by atoms with Crippen molar-refractivity contribution < 1.29 is 29.0 Å². The van der Waals surface area contributed by atoms with Crippen molar-refractivity contribution in [3.8, 4) is 5.75 Å². The molecule has 1 heterocycles. The first-order valence-electron chi connectivity index (χ1n) is 14.0. The molecule has 1 N–H and O–H groups in total. The Hall–Kier alpha value is -3.55. The Balaban J connectivity index is 1.49. The molecule has 0 aromatic heterocycles. The molecular weight excluding hydrogens is 542 g/mol. The quantitative estimate of drug-likeness (QED) is 0.400. The summed E-state index contributed by atoms with van der Waals surface area (Å²) in [6, 6.07) is 12.5. The maximum absolute atomic E-state index is 14.1. The van der Waals surface area contributed by atoms with Gasteiger partial charge in [-0.05, 0) is 68.0 Å². The van der Waals surface area contributed by atoms with Crippen LogP contribution in [0, 0.1) is 36.0 Å². The summed E-state index contributed by atoms with van der Waals surface area (Å²) in [4.78, 5) is 56.6. The van der Waals surface area contributed by atoms with Crippen molar-refractivity contribution in [3.05, 3.63) is 81.9 Å². The third-order valence-corrected chi connectivity index (χ3v) is 10.0. The average Bonchev–Trinajstić information content (AvgIpc) is 3.21. The van der Waals surface area contributed by atoms with Crippen LogP contribution < -0.4 is 9.64 Å². The minimum absolute atomic E-state index is 0.0733. The Bertz CT molecular complexity index is 1560. The fourth-order valence-electron chi connectivity index (χ4n) is 7.72. The maximum atomic E-state index is 14.1. The number of para-hydroxylation sites is 1. The molecule has 6 atom stereocenters. The summed E-state index contributed by atoms with van der Waals surface area (Å²) in [5.41, 5.74) is 2.23. The van der Waals surface area contributed by atoms with E-state index in [-0.39, 0.29) is 36.6 Å². The first kappa shape index (κ1) is 27.6. The number of nitrogens with zero attached hydrogens (tertiary/aromatic N) is 1. The number of hydrogen-bond acceptors (Lipinski definition) is 6. The monoisotopic (exact) mass is 573 g/mol. The Labute approximate surface area is 243 Å². The van der Waals surface area contributed by atoms with E-state index in [0.717, 1.165) is 16.7 Å². The molecule has 0 bridgehead atoms. The normalized spacial score (nSPS) is 30.9. The van der Waals surface area contributed by atoms with Gasteiger partial charge < -0.3 is 9.84 Å². The molecule has 1 aliphatic heterocycles. The summed E-state index contributed by atoms with van der Waals surface area (Å²) in [6.07, 6.45) is 4.10. The molecule has 0 radical (unpaired) electrons. The predicted molar refractivity (Wildman–Crippen MR) is 154 cm³/mol. The number of Topliss-reactive ketones (excluding diaryl/α,β-unsaturated/α-hetero) is 1. The van der Waals surface area contributed by atoms with Crippen molar-refractivity contribution in [1.29, 1.82) is 0 Å². The van der Waals surface area contributed by atoms with Gasteiger partial charge in [-0.25, -0.2) is 4.90 Å². The van der Waals surface area contributed by atoms with Gasteiger partial charge in [0.15, 0.2) is 11.6 Å². The summed E-state index contributed by atoms with van der Waals surface area (Å²) >= 11 is 6.36. The molecule has 8 heteroatoms. The van der Waals surface area contributed by atoms with Gasteiger partial charge in [0.25, 0.3) is 0 Å². The molecular formula is C33H32ClNO6. The molecule has 2 amide bonds. The minimum Gasteiger partial charge on any atom is -0.491 e. The number of amides is 2. The van der Waals surface area contributed by atoms with Crippen LogP contribution in [-0.2, 0) is 19.2 Å². The van der Waals surface area contributed by atoms with E-state index in [1.807, 2.05) is 38.1 Å². The van der Waals surface area contributed by atoms with E-state index in [1.54, 1.807) is 31.2 Å². The van der Waals surface area contributed by atoms with Crippen LogP contribution >= 0.6 is 11.6 Å². The molecule has 0 unspecified atom stereocenters. The molecule has 4 aliphatic rings. The number of benzene rings is 2. The first-order chi connectivity index (χ1) is 19.6. The summed E-state index contributed by atoms with van der Waals surface area (Å²) in [5.74, 6) is -3.13. The standard InChI is InChI=1S/C33H32ClNO6/c1-17-8-9-19(15-25(17)34)35-31(39)22-11-10-20-23(28(22)32(35)40)16-24-26(37)14-18(2)30(38)33(24,3)29(20)21-6-4-5-7-27(21)41-13-12-36/h4-10,14-15,22-24,28-29,36H,11-13,16H2,1-3H3/t22-,23+,24-,28-,29+,33+/m0/s1. The van der Waals surface area contributed by atoms with E-state index in [2.05, 4.69) is 0 Å². The zero-order chi connectivity index (χ0) is 29.2.